The van der Waals surface area contributed by atoms with Gasteiger partial charge in [0.05, 0.1) is 6.04 Å². The van der Waals surface area contributed by atoms with E-state index in [1.54, 1.807) is 6.92 Å². The van der Waals surface area contributed by atoms with Gasteiger partial charge in [0.15, 0.2) is 0 Å². The van der Waals surface area contributed by atoms with Gasteiger partial charge in [0.25, 0.3) is 0 Å². The highest BCUT2D eigenvalue weighted by Gasteiger charge is 2.19. The summed E-state index contributed by atoms with van der Waals surface area (Å²) < 4.78 is 0. The van der Waals surface area contributed by atoms with E-state index in [0.29, 0.717) is 18.7 Å². The number of unbranched alkanes of at least 4 members (excludes halogenated alkanes) is 1. The zero-order valence-corrected chi connectivity index (χ0v) is 14.5. The molecule has 0 spiro atoms. The lowest BCUT2D eigenvalue weighted by molar-refractivity contribution is -0.127. The monoisotopic (exact) mass is 342 g/mol. The molecule has 2 atom stereocenters. The van der Waals surface area contributed by atoms with Crippen LogP contribution in [0.1, 0.15) is 26.2 Å². The van der Waals surface area contributed by atoms with Crippen LogP contribution >= 0.6 is 0 Å². The Morgan fingerprint density at radius 1 is 1.04 bits per heavy atom. The number of nitrogens with one attached hydrogen (secondary N) is 2. The molecule has 6 nitrogen and oxygen atoms in total. The number of carbonyl (C=O) groups excluding carboxylic acids is 2. The smallest absolute Gasteiger partial charge is 0.246 e. The van der Waals surface area contributed by atoms with Crippen LogP contribution in [0.25, 0.3) is 10.8 Å². The molecule has 2 amide bonds. The predicted octanol–water partition coefficient (Wildman–Crippen LogP) is 1.74. The normalized spacial score (nSPS) is 13.2. The fourth-order valence-electron chi connectivity index (χ4n) is 2.54. The molecule has 0 heterocycles. The number of hydrogen-bond acceptors (Lipinski definition) is 4. The van der Waals surface area contributed by atoms with Crippen molar-refractivity contribution in [1.82, 2.24) is 5.32 Å². The first-order valence-electron chi connectivity index (χ1n) is 8.57. The van der Waals surface area contributed by atoms with Crippen LogP contribution in [-0.2, 0) is 9.59 Å². The van der Waals surface area contributed by atoms with Crippen molar-refractivity contribution in [2.75, 3.05) is 11.9 Å². The first-order valence-corrected chi connectivity index (χ1v) is 8.57. The fourth-order valence-corrected chi connectivity index (χ4v) is 2.54. The van der Waals surface area contributed by atoms with E-state index in [1.165, 1.54) is 0 Å². The van der Waals surface area contributed by atoms with Crippen LogP contribution in [-0.4, -0.2) is 30.4 Å². The van der Waals surface area contributed by atoms with E-state index in [1.807, 2.05) is 42.5 Å². The van der Waals surface area contributed by atoms with Crippen molar-refractivity contribution in [3.63, 3.8) is 0 Å². The van der Waals surface area contributed by atoms with Crippen molar-refractivity contribution in [2.24, 2.45) is 11.5 Å². The first kappa shape index (κ1) is 18.9. The third-order valence-electron chi connectivity index (χ3n) is 4.08. The van der Waals surface area contributed by atoms with E-state index < -0.39 is 12.1 Å². The van der Waals surface area contributed by atoms with Crippen LogP contribution in [0.5, 0.6) is 0 Å². The highest BCUT2D eigenvalue weighted by Crippen LogP contribution is 2.18. The van der Waals surface area contributed by atoms with Gasteiger partial charge in [0.2, 0.25) is 11.8 Å². The Bertz CT molecular complexity index is 732. The molecule has 0 aromatic heterocycles. The summed E-state index contributed by atoms with van der Waals surface area (Å²) in [5.41, 5.74) is 12.0. The van der Waals surface area contributed by atoms with Gasteiger partial charge < -0.3 is 22.1 Å². The molecule has 2 unspecified atom stereocenters. The number of anilines is 1. The van der Waals surface area contributed by atoms with Crippen LogP contribution < -0.4 is 22.1 Å². The fraction of sp³-hybridized carbons (Fsp3) is 0.368. The van der Waals surface area contributed by atoms with Crippen molar-refractivity contribution in [2.45, 2.75) is 38.3 Å². The van der Waals surface area contributed by atoms with E-state index >= 15 is 0 Å². The molecule has 0 radical (unpaired) electrons. The second-order valence-corrected chi connectivity index (χ2v) is 6.17. The molecule has 134 valence electrons. The minimum absolute atomic E-state index is 0.280. The average molecular weight is 342 g/mol. The standard InChI is InChI=1S/C19H26N4O2/c1-13(22-19(25)17(21)8-4-5-11-20)18(24)23-16-10-9-14-6-2-3-7-15(14)12-16/h2-3,6-7,9-10,12-13,17H,4-5,8,11,20-21H2,1H3,(H,22,25)(H,23,24). The van der Waals surface area contributed by atoms with Crippen molar-refractivity contribution in [3.05, 3.63) is 42.5 Å². The first-order chi connectivity index (χ1) is 12.0. The van der Waals surface area contributed by atoms with Crippen molar-refractivity contribution in [3.8, 4) is 0 Å². The molecule has 0 bridgehead atoms. The molecule has 0 aliphatic heterocycles. The SMILES string of the molecule is CC(NC(=O)C(N)CCCCN)C(=O)Nc1ccc2ccccc2c1. The minimum atomic E-state index is -0.667. The molecule has 2 aromatic carbocycles. The van der Waals surface area contributed by atoms with Gasteiger partial charge in [-0.1, -0.05) is 36.8 Å². The highest BCUT2D eigenvalue weighted by atomic mass is 16.2. The van der Waals surface area contributed by atoms with Gasteiger partial charge >= 0.3 is 0 Å². The van der Waals surface area contributed by atoms with E-state index in [9.17, 15) is 9.59 Å². The van der Waals surface area contributed by atoms with Crippen molar-refractivity contribution in [1.29, 1.82) is 0 Å². The Morgan fingerprint density at radius 2 is 1.76 bits per heavy atom. The molecular weight excluding hydrogens is 316 g/mol. The third-order valence-corrected chi connectivity index (χ3v) is 4.08. The molecular formula is C19H26N4O2. The lowest BCUT2D eigenvalue weighted by Crippen LogP contribution is -2.48. The van der Waals surface area contributed by atoms with Crippen LogP contribution in [0, 0.1) is 0 Å². The quantitative estimate of drug-likeness (QED) is 0.548. The third kappa shape index (κ3) is 5.55. The maximum atomic E-state index is 12.3. The molecule has 0 fully saturated rings. The van der Waals surface area contributed by atoms with Crippen molar-refractivity contribution < 1.29 is 9.59 Å². The summed E-state index contributed by atoms with van der Waals surface area (Å²) in [6.07, 6.45) is 2.18. The lowest BCUT2D eigenvalue weighted by Gasteiger charge is -2.17. The summed E-state index contributed by atoms with van der Waals surface area (Å²) >= 11 is 0. The molecule has 2 rings (SSSR count). The van der Waals surface area contributed by atoms with E-state index in [-0.39, 0.29) is 11.8 Å². The topological polar surface area (TPSA) is 110 Å². The predicted molar refractivity (Wildman–Crippen MR) is 101 cm³/mol. The molecule has 0 aliphatic carbocycles. The van der Waals surface area contributed by atoms with Crippen LogP contribution in [0.15, 0.2) is 42.5 Å². The van der Waals surface area contributed by atoms with Gasteiger partial charge in [-0.15, -0.1) is 0 Å². The summed E-state index contributed by atoms with van der Waals surface area (Å²) in [5.74, 6) is -0.601. The van der Waals surface area contributed by atoms with Gasteiger partial charge in [-0.25, -0.2) is 0 Å². The highest BCUT2D eigenvalue weighted by molar-refractivity contribution is 5.99. The summed E-state index contributed by atoms with van der Waals surface area (Å²) in [5, 5.41) is 7.62. The maximum absolute atomic E-state index is 12.3. The van der Waals surface area contributed by atoms with Crippen LogP contribution in [0.4, 0.5) is 5.69 Å². The second kappa shape index (κ2) is 9.15. The number of amides is 2. The molecule has 2 aromatic rings. The Morgan fingerprint density at radius 3 is 2.48 bits per heavy atom. The minimum Gasteiger partial charge on any atom is -0.343 e. The van der Waals surface area contributed by atoms with E-state index in [0.717, 1.165) is 23.6 Å². The van der Waals surface area contributed by atoms with Crippen molar-refractivity contribution >= 4 is 28.3 Å². The second-order valence-electron chi connectivity index (χ2n) is 6.17. The Labute approximate surface area is 148 Å². The molecule has 6 N–H and O–H groups in total. The molecule has 0 saturated carbocycles. The summed E-state index contributed by atoms with van der Waals surface area (Å²) in [4.78, 5) is 24.3. The Kier molecular flexibility index (Phi) is 6.91. The van der Waals surface area contributed by atoms with E-state index in [4.69, 9.17) is 11.5 Å². The van der Waals surface area contributed by atoms with Gasteiger partial charge in [0, 0.05) is 5.69 Å². The maximum Gasteiger partial charge on any atom is 0.246 e. The molecule has 0 saturated heterocycles. The average Bonchev–Trinajstić information content (AvgIpc) is 2.61. The molecule has 6 heteroatoms. The number of carbonyl (C=O) groups is 2. The van der Waals surface area contributed by atoms with Crippen LogP contribution in [0.3, 0.4) is 0 Å². The summed E-state index contributed by atoms with van der Waals surface area (Å²) in [6.45, 7) is 2.22. The largest absolute Gasteiger partial charge is 0.343 e. The molecule has 25 heavy (non-hydrogen) atoms. The number of rotatable bonds is 8. The van der Waals surface area contributed by atoms with Gasteiger partial charge in [0.1, 0.15) is 6.04 Å². The van der Waals surface area contributed by atoms with Gasteiger partial charge in [-0.05, 0) is 49.2 Å². The van der Waals surface area contributed by atoms with Gasteiger partial charge in [-0.2, -0.15) is 0 Å². The zero-order valence-electron chi connectivity index (χ0n) is 14.5. The molecule has 0 aliphatic rings. The number of fused-ring (bicyclic) bond motifs is 1. The van der Waals surface area contributed by atoms with Gasteiger partial charge in [-0.3, -0.25) is 9.59 Å². The Balaban J connectivity index is 1.89. The number of nitrogens with two attached hydrogens (primary N) is 2. The zero-order chi connectivity index (χ0) is 18.2. The summed E-state index contributed by atoms with van der Waals surface area (Å²) in [7, 11) is 0. The number of hydrogen-bond donors (Lipinski definition) is 4. The lowest BCUT2D eigenvalue weighted by atomic mass is 10.1. The van der Waals surface area contributed by atoms with E-state index in [2.05, 4.69) is 10.6 Å². The Hall–Kier alpha value is -2.44. The number of benzene rings is 2. The summed E-state index contributed by atoms with van der Waals surface area (Å²) in [6, 6.07) is 12.3. The van der Waals surface area contributed by atoms with Crippen LogP contribution in [0.2, 0.25) is 0 Å².